The van der Waals surface area contributed by atoms with Crippen LogP contribution in [0.15, 0.2) is 42.0 Å². The molecule has 2 aliphatic rings. The molecule has 0 fully saturated rings. The Hall–Kier alpha value is -1.35. The lowest BCUT2D eigenvalue weighted by atomic mass is 9.83. The van der Waals surface area contributed by atoms with E-state index in [0.29, 0.717) is 5.92 Å². The highest BCUT2D eigenvalue weighted by Crippen LogP contribution is 2.29. The summed E-state index contributed by atoms with van der Waals surface area (Å²) in [6.45, 7) is 9.28. The molecule has 1 heterocycles. The minimum absolute atomic E-state index is 0.0371. The van der Waals surface area contributed by atoms with Crippen LogP contribution in [0.1, 0.15) is 39.5 Å². The van der Waals surface area contributed by atoms with Gasteiger partial charge in [-0.3, -0.25) is 10.3 Å². The number of nitrogens with one attached hydrogen (secondary N) is 2. The molecule has 110 valence electrons. The van der Waals surface area contributed by atoms with Crippen LogP contribution in [-0.2, 0) is 0 Å². The van der Waals surface area contributed by atoms with E-state index >= 15 is 0 Å². The van der Waals surface area contributed by atoms with Gasteiger partial charge in [0, 0.05) is 11.3 Å². The molecule has 1 aliphatic heterocycles. The number of amidine groups is 1. The first-order chi connectivity index (χ1) is 9.69. The van der Waals surface area contributed by atoms with Gasteiger partial charge in [-0.15, -0.1) is 6.58 Å². The number of aliphatic imine (C=N–C) groups is 1. The van der Waals surface area contributed by atoms with Crippen molar-refractivity contribution < 1.29 is 0 Å². The van der Waals surface area contributed by atoms with Crippen molar-refractivity contribution in [3.63, 3.8) is 0 Å². The maximum Gasteiger partial charge on any atom is 0.109 e. The molecule has 3 heteroatoms. The zero-order chi connectivity index (χ0) is 14.4. The smallest absolute Gasteiger partial charge is 0.109 e. The normalized spacial score (nSPS) is 28.4. The fourth-order valence-corrected chi connectivity index (χ4v) is 2.76. The molecular weight excluding hydrogens is 246 g/mol. The second-order valence-electron chi connectivity index (χ2n) is 5.92. The first-order valence-electron chi connectivity index (χ1n) is 7.72. The van der Waals surface area contributed by atoms with Crippen LogP contribution in [0.3, 0.4) is 0 Å². The topological polar surface area (TPSA) is 36.4 Å². The lowest BCUT2D eigenvalue weighted by Gasteiger charge is -2.35. The molecule has 0 saturated carbocycles. The third kappa shape index (κ3) is 3.40. The monoisotopic (exact) mass is 273 g/mol. The standard InChI is InChI=1S/C17H27N3/c1-4-6-12-17(3,5-2)16-19-13-18-15(20-16)14-10-8-7-9-11-14/h5,7-10,14-15,18H,2,4,6,11-13H2,1,3H3,(H,19,20). The molecule has 0 saturated heterocycles. The van der Waals surface area contributed by atoms with Crippen molar-refractivity contribution in [2.75, 3.05) is 6.67 Å². The van der Waals surface area contributed by atoms with E-state index < -0.39 is 0 Å². The van der Waals surface area contributed by atoms with Crippen molar-refractivity contribution in [1.82, 2.24) is 10.6 Å². The fourth-order valence-electron chi connectivity index (χ4n) is 2.76. The number of allylic oxidation sites excluding steroid dienone is 3. The Bertz CT molecular complexity index is 422. The fraction of sp³-hybridized carbons (Fsp3) is 0.588. The molecule has 0 spiro atoms. The van der Waals surface area contributed by atoms with E-state index in [4.69, 9.17) is 4.99 Å². The van der Waals surface area contributed by atoms with Crippen LogP contribution < -0.4 is 10.6 Å². The molecule has 0 aromatic heterocycles. The molecule has 3 atom stereocenters. The van der Waals surface area contributed by atoms with Crippen LogP contribution in [0.5, 0.6) is 0 Å². The van der Waals surface area contributed by atoms with Gasteiger partial charge in [-0.25, -0.2) is 0 Å². The van der Waals surface area contributed by atoms with Crippen molar-refractivity contribution in [2.45, 2.75) is 45.7 Å². The van der Waals surface area contributed by atoms with Crippen LogP contribution in [-0.4, -0.2) is 18.7 Å². The minimum Gasteiger partial charge on any atom is -0.360 e. The van der Waals surface area contributed by atoms with Crippen molar-refractivity contribution in [3.05, 3.63) is 37.0 Å². The highest BCUT2D eigenvalue weighted by Gasteiger charge is 2.31. The summed E-state index contributed by atoms with van der Waals surface area (Å²) in [6, 6.07) is 0. The van der Waals surface area contributed by atoms with Crippen LogP contribution in [0.4, 0.5) is 0 Å². The summed E-state index contributed by atoms with van der Waals surface area (Å²) >= 11 is 0. The predicted molar refractivity (Wildman–Crippen MR) is 86.6 cm³/mol. The molecule has 1 aliphatic carbocycles. The van der Waals surface area contributed by atoms with Gasteiger partial charge < -0.3 is 5.32 Å². The summed E-state index contributed by atoms with van der Waals surface area (Å²) in [5.41, 5.74) is -0.0371. The number of rotatable bonds is 6. The zero-order valence-corrected chi connectivity index (χ0v) is 12.7. The van der Waals surface area contributed by atoms with E-state index in [1.54, 1.807) is 0 Å². The van der Waals surface area contributed by atoms with Gasteiger partial charge in [0.25, 0.3) is 0 Å². The molecule has 20 heavy (non-hydrogen) atoms. The van der Waals surface area contributed by atoms with Gasteiger partial charge in [0.2, 0.25) is 0 Å². The Morgan fingerprint density at radius 1 is 1.50 bits per heavy atom. The molecule has 0 amide bonds. The quantitative estimate of drug-likeness (QED) is 0.728. The van der Waals surface area contributed by atoms with E-state index in [0.717, 1.165) is 25.3 Å². The molecule has 2 N–H and O–H groups in total. The van der Waals surface area contributed by atoms with Gasteiger partial charge in [0.05, 0.1) is 6.67 Å². The Labute approximate surface area is 122 Å². The second kappa shape index (κ2) is 6.89. The second-order valence-corrected chi connectivity index (χ2v) is 5.92. The van der Waals surface area contributed by atoms with Crippen molar-refractivity contribution in [3.8, 4) is 0 Å². The van der Waals surface area contributed by atoms with Gasteiger partial charge in [-0.1, -0.05) is 50.1 Å². The van der Waals surface area contributed by atoms with E-state index in [9.17, 15) is 0 Å². The minimum atomic E-state index is -0.0371. The van der Waals surface area contributed by atoms with Crippen molar-refractivity contribution in [1.29, 1.82) is 0 Å². The lowest BCUT2D eigenvalue weighted by Crippen LogP contribution is -2.52. The summed E-state index contributed by atoms with van der Waals surface area (Å²) in [5.74, 6) is 1.55. The molecule has 0 aromatic carbocycles. The van der Waals surface area contributed by atoms with E-state index in [2.05, 4.69) is 55.4 Å². The number of hydrogen-bond donors (Lipinski definition) is 2. The maximum atomic E-state index is 4.94. The van der Waals surface area contributed by atoms with Crippen LogP contribution in [0.2, 0.25) is 0 Å². The van der Waals surface area contributed by atoms with Gasteiger partial charge in [0.15, 0.2) is 0 Å². The molecule has 3 nitrogen and oxygen atoms in total. The number of unbranched alkanes of at least 4 members (excludes halogenated alkanes) is 1. The molecule has 2 rings (SSSR count). The Morgan fingerprint density at radius 3 is 3.00 bits per heavy atom. The zero-order valence-electron chi connectivity index (χ0n) is 12.7. The molecule has 0 bridgehead atoms. The molecule has 0 radical (unpaired) electrons. The van der Waals surface area contributed by atoms with Crippen LogP contribution >= 0.6 is 0 Å². The number of nitrogens with zero attached hydrogens (tertiary/aromatic N) is 1. The van der Waals surface area contributed by atoms with Crippen molar-refractivity contribution >= 4 is 5.84 Å². The number of hydrogen-bond acceptors (Lipinski definition) is 3. The van der Waals surface area contributed by atoms with Crippen molar-refractivity contribution in [2.24, 2.45) is 16.3 Å². The molecular formula is C17H27N3. The first kappa shape index (κ1) is 15.0. The van der Waals surface area contributed by atoms with Gasteiger partial charge in [0.1, 0.15) is 12.0 Å². The SMILES string of the molecule is C=CC(C)(CCCC)C1=NC(C2C=CC=CC2)NCN1. The molecule has 3 unspecified atom stereocenters. The average molecular weight is 273 g/mol. The van der Waals surface area contributed by atoms with Gasteiger partial charge in [-0.2, -0.15) is 0 Å². The van der Waals surface area contributed by atoms with Gasteiger partial charge >= 0.3 is 0 Å². The largest absolute Gasteiger partial charge is 0.360 e. The Balaban J connectivity index is 2.13. The highest BCUT2D eigenvalue weighted by atomic mass is 15.2. The summed E-state index contributed by atoms with van der Waals surface area (Å²) in [7, 11) is 0. The first-order valence-corrected chi connectivity index (χ1v) is 7.72. The predicted octanol–water partition coefficient (Wildman–Crippen LogP) is 3.38. The average Bonchev–Trinajstić information content (AvgIpc) is 2.53. The Kier molecular flexibility index (Phi) is 5.18. The molecule has 0 aromatic rings. The van der Waals surface area contributed by atoms with E-state index in [1.165, 1.54) is 12.8 Å². The van der Waals surface area contributed by atoms with E-state index in [1.807, 2.05) is 6.08 Å². The van der Waals surface area contributed by atoms with Crippen LogP contribution in [0.25, 0.3) is 0 Å². The summed E-state index contributed by atoms with van der Waals surface area (Å²) < 4.78 is 0. The third-order valence-corrected chi connectivity index (χ3v) is 4.30. The van der Waals surface area contributed by atoms with Gasteiger partial charge in [-0.05, 0) is 19.8 Å². The summed E-state index contributed by atoms with van der Waals surface area (Å²) in [5, 5.41) is 6.87. The Morgan fingerprint density at radius 2 is 2.35 bits per heavy atom. The van der Waals surface area contributed by atoms with Crippen LogP contribution in [0, 0.1) is 11.3 Å². The highest BCUT2D eigenvalue weighted by molar-refractivity contribution is 5.90. The summed E-state index contributed by atoms with van der Waals surface area (Å²) in [6.07, 6.45) is 15.5. The van der Waals surface area contributed by atoms with E-state index in [-0.39, 0.29) is 11.6 Å². The summed E-state index contributed by atoms with van der Waals surface area (Å²) in [4.78, 5) is 4.94. The lowest BCUT2D eigenvalue weighted by molar-refractivity contribution is 0.379. The maximum absolute atomic E-state index is 4.94. The third-order valence-electron chi connectivity index (χ3n) is 4.30.